The summed E-state index contributed by atoms with van der Waals surface area (Å²) in [5, 5.41) is 0. The van der Waals surface area contributed by atoms with E-state index in [2.05, 4.69) is 9.16 Å². The van der Waals surface area contributed by atoms with Crippen molar-refractivity contribution in [3.63, 3.8) is 0 Å². The van der Waals surface area contributed by atoms with Crippen molar-refractivity contribution >= 4 is 8.80 Å². The molecule has 0 rings (SSSR count). The molecule has 0 saturated carbocycles. The van der Waals surface area contributed by atoms with Gasteiger partial charge in [0.05, 0.1) is 0 Å². The maximum Gasteiger partial charge on any atom is 0.495 e. The van der Waals surface area contributed by atoms with E-state index in [1.807, 2.05) is 0 Å². The minimum absolute atomic E-state index is 0.199. The highest BCUT2D eigenvalue weighted by Gasteiger charge is 2.29. The Morgan fingerprint density at radius 2 is 1.08 bits per heavy atom. The first-order chi connectivity index (χ1) is 12.3. The molecular weight excluding hydrogens is 365 g/mol. The molecule has 158 valence electrons. The maximum atomic E-state index is 11.8. The third kappa shape index (κ3) is 20.2. The van der Waals surface area contributed by atoms with Crippen molar-refractivity contribution in [2.45, 2.75) is 95.7 Å². The molecule has 0 aromatic carbocycles. The number of ether oxygens (including phenoxy) is 1. The van der Waals surface area contributed by atoms with E-state index in [1.54, 1.807) is 0 Å². The normalized spacial score (nSPS) is 12.7. The monoisotopic (exact) mass is 402 g/mol. The fourth-order valence-electron chi connectivity index (χ4n) is 2.79. The molecule has 0 bridgehead atoms. The van der Waals surface area contributed by atoms with E-state index in [4.69, 9.17) is 0 Å². The Balaban J connectivity index is 3.12. The number of hydrogen-bond donors (Lipinski definition) is 2. The molecule has 0 fully saturated rings. The van der Waals surface area contributed by atoms with E-state index in [-0.39, 0.29) is 6.61 Å². The first-order valence-electron chi connectivity index (χ1n) is 9.91. The zero-order valence-electron chi connectivity index (χ0n) is 16.2. The molecule has 26 heavy (non-hydrogen) atoms. The average Bonchev–Trinajstić information content (AvgIpc) is 2.56. The minimum atomic E-state index is -4.21. The molecule has 0 amide bonds. The smallest absolute Gasteiger partial charge is 0.390 e. The number of alkyl halides is 3. The lowest BCUT2D eigenvalue weighted by Gasteiger charge is -2.13. The number of unbranched alkanes of at least 4 members (excludes halogenated alkanes) is 12. The highest BCUT2D eigenvalue weighted by atomic mass is 28.4. The predicted molar refractivity (Wildman–Crippen MR) is 98.9 cm³/mol. The summed E-state index contributed by atoms with van der Waals surface area (Å²) in [5.74, 6) is 0. The van der Waals surface area contributed by atoms with Crippen LogP contribution in [0.1, 0.15) is 83.5 Å². The molecule has 0 aromatic rings. The highest BCUT2D eigenvalue weighted by Crippen LogP contribution is 2.16. The summed E-state index contributed by atoms with van der Waals surface area (Å²) in [7, 11) is -2.00. The van der Waals surface area contributed by atoms with Crippen LogP contribution in [0, 0.1) is 0 Å². The summed E-state index contributed by atoms with van der Waals surface area (Å²) >= 11 is 0. The Kier molecular flexibility index (Phi) is 15.8. The molecule has 0 radical (unpaired) electrons. The van der Waals surface area contributed by atoms with E-state index >= 15 is 0 Å². The summed E-state index contributed by atoms with van der Waals surface area (Å²) < 4.78 is 44.8. The van der Waals surface area contributed by atoms with Gasteiger partial charge in [-0.2, -0.15) is 13.2 Å². The molecule has 0 saturated heterocycles. The Bertz CT molecular complexity index is 315. The second-order valence-corrected chi connectivity index (χ2v) is 9.36. The van der Waals surface area contributed by atoms with E-state index in [0.717, 1.165) is 38.5 Å². The molecule has 0 unspecified atom stereocenters. The highest BCUT2D eigenvalue weighted by molar-refractivity contribution is 6.57. The van der Waals surface area contributed by atoms with E-state index in [1.165, 1.54) is 45.6 Å². The molecule has 8 heteroatoms. The standard InChI is InChI=1S/C18H37F3O4Si/c1-24-26(22,23)16-14-12-10-8-6-4-2-3-5-7-9-11-13-15-25-17-18(19,20)21/h22-23H,2-17H2,1H3. The SMILES string of the molecule is CO[Si](O)(O)CCCCCCCCCCCCCCCOCC(F)(F)F. The lowest BCUT2D eigenvalue weighted by atomic mass is 10.0. The quantitative estimate of drug-likeness (QED) is 0.244. The Morgan fingerprint density at radius 3 is 1.46 bits per heavy atom. The van der Waals surface area contributed by atoms with Crippen LogP contribution in [0.2, 0.25) is 6.04 Å². The van der Waals surface area contributed by atoms with Crippen LogP contribution in [0.5, 0.6) is 0 Å². The first-order valence-corrected chi connectivity index (χ1v) is 11.9. The topological polar surface area (TPSA) is 58.9 Å². The van der Waals surface area contributed by atoms with Crippen LogP contribution in [0.15, 0.2) is 0 Å². The van der Waals surface area contributed by atoms with Gasteiger partial charge in [-0.05, 0) is 12.8 Å². The molecule has 0 aromatic heterocycles. The Hall–Kier alpha value is -0.153. The molecule has 2 N–H and O–H groups in total. The molecule has 0 aliphatic heterocycles. The van der Waals surface area contributed by atoms with Gasteiger partial charge in [-0.15, -0.1) is 0 Å². The van der Waals surface area contributed by atoms with Crippen molar-refractivity contribution in [3.05, 3.63) is 0 Å². The fourth-order valence-corrected chi connectivity index (χ4v) is 3.71. The van der Waals surface area contributed by atoms with E-state index < -0.39 is 21.6 Å². The zero-order chi connectivity index (χ0) is 19.7. The van der Waals surface area contributed by atoms with Gasteiger partial charge in [0.25, 0.3) is 0 Å². The lowest BCUT2D eigenvalue weighted by molar-refractivity contribution is -0.174. The lowest BCUT2D eigenvalue weighted by Crippen LogP contribution is -2.37. The summed E-state index contributed by atoms with van der Waals surface area (Å²) in [6.07, 6.45) is 9.91. The molecule has 0 heterocycles. The number of rotatable bonds is 18. The van der Waals surface area contributed by atoms with E-state index in [0.29, 0.717) is 12.5 Å². The van der Waals surface area contributed by atoms with Crippen LogP contribution < -0.4 is 0 Å². The number of halogens is 3. The predicted octanol–water partition coefficient (Wildman–Crippen LogP) is 5.21. The third-order valence-electron chi connectivity index (χ3n) is 4.38. The van der Waals surface area contributed by atoms with Crippen molar-refractivity contribution < 1.29 is 31.9 Å². The largest absolute Gasteiger partial charge is 0.495 e. The van der Waals surface area contributed by atoms with Gasteiger partial charge >= 0.3 is 15.0 Å². The summed E-state index contributed by atoms with van der Waals surface area (Å²) in [6.45, 7) is -0.934. The fraction of sp³-hybridized carbons (Fsp3) is 1.00. The van der Waals surface area contributed by atoms with Gasteiger partial charge in [-0.25, -0.2) is 0 Å². The molecule has 0 aliphatic rings. The van der Waals surface area contributed by atoms with Crippen molar-refractivity contribution in [1.29, 1.82) is 0 Å². The van der Waals surface area contributed by atoms with Gasteiger partial charge in [0.15, 0.2) is 0 Å². The van der Waals surface area contributed by atoms with Crippen LogP contribution >= 0.6 is 0 Å². The molecule has 0 aliphatic carbocycles. The average molecular weight is 403 g/mol. The van der Waals surface area contributed by atoms with Gasteiger partial charge in [-0.3, -0.25) is 0 Å². The molecule has 0 spiro atoms. The van der Waals surface area contributed by atoms with Gasteiger partial charge in [0, 0.05) is 19.8 Å². The number of hydrogen-bond acceptors (Lipinski definition) is 4. The van der Waals surface area contributed by atoms with Crippen LogP contribution in [-0.2, 0) is 9.16 Å². The first kappa shape index (κ1) is 25.8. The minimum Gasteiger partial charge on any atom is -0.390 e. The van der Waals surface area contributed by atoms with Gasteiger partial charge in [-0.1, -0.05) is 70.6 Å². The van der Waals surface area contributed by atoms with Crippen molar-refractivity contribution in [2.75, 3.05) is 20.3 Å². The van der Waals surface area contributed by atoms with Gasteiger partial charge < -0.3 is 18.8 Å². The summed E-state index contributed by atoms with van der Waals surface area (Å²) in [5.41, 5.74) is 0. The van der Waals surface area contributed by atoms with Crippen molar-refractivity contribution in [2.24, 2.45) is 0 Å². The summed E-state index contributed by atoms with van der Waals surface area (Å²) in [4.78, 5) is 18.8. The van der Waals surface area contributed by atoms with Crippen molar-refractivity contribution in [1.82, 2.24) is 0 Å². The maximum absolute atomic E-state index is 11.8. The van der Waals surface area contributed by atoms with Crippen LogP contribution in [0.4, 0.5) is 13.2 Å². The summed E-state index contributed by atoms with van der Waals surface area (Å²) in [6, 6.07) is 0.387. The zero-order valence-corrected chi connectivity index (χ0v) is 17.2. The molecule has 0 atom stereocenters. The van der Waals surface area contributed by atoms with E-state index in [9.17, 15) is 22.8 Å². The second-order valence-electron chi connectivity index (χ2n) is 6.96. The third-order valence-corrected chi connectivity index (χ3v) is 6.04. The Morgan fingerprint density at radius 1 is 0.692 bits per heavy atom. The van der Waals surface area contributed by atoms with Gasteiger partial charge in [0.2, 0.25) is 0 Å². The van der Waals surface area contributed by atoms with Crippen LogP contribution in [0.3, 0.4) is 0 Å². The Labute approximate surface area is 157 Å². The molecule has 4 nitrogen and oxygen atoms in total. The van der Waals surface area contributed by atoms with Crippen molar-refractivity contribution in [3.8, 4) is 0 Å². The molecular formula is C18H37F3O4Si. The second kappa shape index (κ2) is 15.9. The van der Waals surface area contributed by atoms with Crippen LogP contribution in [0.25, 0.3) is 0 Å². The van der Waals surface area contributed by atoms with Crippen LogP contribution in [-0.4, -0.2) is 44.9 Å². The van der Waals surface area contributed by atoms with Gasteiger partial charge in [0.1, 0.15) is 6.61 Å².